The van der Waals surface area contributed by atoms with Crippen molar-refractivity contribution in [3.8, 4) is 11.5 Å². The smallest absolute Gasteiger partial charge is 0.319 e. The van der Waals surface area contributed by atoms with Crippen LogP contribution in [0.2, 0.25) is 0 Å². The van der Waals surface area contributed by atoms with Crippen LogP contribution >= 0.6 is 0 Å². The Kier molecular flexibility index (Phi) is 4.52. The number of fused-ring (bicyclic) bond motifs is 1. The van der Waals surface area contributed by atoms with Crippen LogP contribution in [0, 0.1) is 0 Å². The van der Waals surface area contributed by atoms with Gasteiger partial charge >= 0.3 is 6.03 Å². The fourth-order valence-corrected chi connectivity index (χ4v) is 2.59. The van der Waals surface area contributed by atoms with Gasteiger partial charge in [-0.05, 0) is 18.2 Å². The number of carbonyl (C=O) groups excluding carboxylic acids is 1. The molecule has 0 fully saturated rings. The van der Waals surface area contributed by atoms with Gasteiger partial charge in [-0.15, -0.1) is 0 Å². The van der Waals surface area contributed by atoms with E-state index in [-0.39, 0.29) is 11.8 Å². The molecule has 0 aliphatic rings. The van der Waals surface area contributed by atoms with Crippen LogP contribution < -0.4 is 15.4 Å². The molecule has 122 valence electrons. The molecule has 3 aromatic carbocycles. The number of ether oxygens (including phenoxy) is 1. The van der Waals surface area contributed by atoms with Gasteiger partial charge in [0.15, 0.2) is 0 Å². The Balaban J connectivity index is 1.73. The Morgan fingerprint density at radius 2 is 1.75 bits per heavy atom. The third-order valence-electron chi connectivity index (χ3n) is 3.78. The molecule has 5 nitrogen and oxygen atoms in total. The third-order valence-corrected chi connectivity index (χ3v) is 3.78. The maximum Gasteiger partial charge on any atom is 0.319 e. The van der Waals surface area contributed by atoms with Crippen LogP contribution in [0.3, 0.4) is 0 Å². The lowest BCUT2D eigenvalue weighted by molar-refractivity contribution is 0.251. The standard InChI is InChI=1S/C19H18N2O3/c1-24-18-11-3-2-6-13(18)12-20-19(23)21-16-9-4-8-15-14(16)7-5-10-17(15)22/h2-11,22H,12H2,1H3,(H2,20,21,23). The van der Waals surface area contributed by atoms with Crippen molar-refractivity contribution in [2.75, 3.05) is 12.4 Å². The second-order valence-corrected chi connectivity index (χ2v) is 5.30. The normalized spacial score (nSPS) is 10.4. The van der Waals surface area contributed by atoms with E-state index < -0.39 is 0 Å². The molecule has 0 radical (unpaired) electrons. The van der Waals surface area contributed by atoms with Crippen LogP contribution in [0.5, 0.6) is 11.5 Å². The average Bonchev–Trinajstić information content (AvgIpc) is 2.61. The number of aromatic hydroxyl groups is 1. The van der Waals surface area contributed by atoms with Gasteiger partial charge in [0.25, 0.3) is 0 Å². The van der Waals surface area contributed by atoms with Gasteiger partial charge in [-0.3, -0.25) is 0 Å². The quantitative estimate of drug-likeness (QED) is 0.683. The van der Waals surface area contributed by atoms with Gasteiger partial charge in [0.05, 0.1) is 12.8 Å². The molecule has 2 amide bonds. The van der Waals surface area contributed by atoms with Crippen LogP contribution in [0.25, 0.3) is 10.8 Å². The number of anilines is 1. The summed E-state index contributed by atoms with van der Waals surface area (Å²) in [5.74, 6) is 0.915. The lowest BCUT2D eigenvalue weighted by atomic mass is 10.1. The number of urea groups is 1. The van der Waals surface area contributed by atoms with Crippen molar-refractivity contribution in [2.45, 2.75) is 6.54 Å². The van der Waals surface area contributed by atoms with Crippen molar-refractivity contribution in [1.82, 2.24) is 5.32 Å². The molecule has 0 aliphatic heterocycles. The molecule has 0 saturated heterocycles. The number of hydrogen-bond donors (Lipinski definition) is 3. The van der Waals surface area contributed by atoms with E-state index in [1.807, 2.05) is 36.4 Å². The maximum absolute atomic E-state index is 12.2. The third kappa shape index (κ3) is 3.25. The molecule has 0 aromatic heterocycles. The molecule has 5 heteroatoms. The molecular formula is C19H18N2O3. The minimum absolute atomic E-state index is 0.186. The first-order valence-corrected chi connectivity index (χ1v) is 7.56. The Labute approximate surface area is 139 Å². The van der Waals surface area contributed by atoms with Crippen molar-refractivity contribution in [1.29, 1.82) is 0 Å². The molecule has 0 saturated carbocycles. The van der Waals surface area contributed by atoms with Crippen molar-refractivity contribution in [2.24, 2.45) is 0 Å². The van der Waals surface area contributed by atoms with Crippen molar-refractivity contribution < 1.29 is 14.6 Å². The van der Waals surface area contributed by atoms with Crippen molar-refractivity contribution >= 4 is 22.5 Å². The lowest BCUT2D eigenvalue weighted by Crippen LogP contribution is -2.28. The summed E-state index contributed by atoms with van der Waals surface area (Å²) in [5.41, 5.74) is 1.53. The number of methoxy groups -OCH3 is 1. The van der Waals surface area contributed by atoms with E-state index in [1.165, 1.54) is 0 Å². The monoisotopic (exact) mass is 322 g/mol. The van der Waals surface area contributed by atoms with E-state index in [0.717, 1.165) is 16.7 Å². The summed E-state index contributed by atoms with van der Waals surface area (Å²) in [6.45, 7) is 0.353. The lowest BCUT2D eigenvalue weighted by Gasteiger charge is -2.12. The largest absolute Gasteiger partial charge is 0.507 e. The maximum atomic E-state index is 12.2. The summed E-state index contributed by atoms with van der Waals surface area (Å²) in [6, 6.07) is 17.8. The molecule has 0 unspecified atom stereocenters. The predicted octanol–water partition coefficient (Wildman–Crippen LogP) is 3.88. The summed E-state index contributed by atoms with van der Waals surface area (Å²) >= 11 is 0. The van der Waals surface area contributed by atoms with Crippen LogP contribution in [-0.4, -0.2) is 18.2 Å². The Hall–Kier alpha value is -3.21. The number of hydrogen-bond acceptors (Lipinski definition) is 3. The van der Waals surface area contributed by atoms with Crippen molar-refractivity contribution in [3.05, 3.63) is 66.2 Å². The van der Waals surface area contributed by atoms with Crippen molar-refractivity contribution in [3.63, 3.8) is 0 Å². The topological polar surface area (TPSA) is 70.6 Å². The molecule has 3 aromatic rings. The highest BCUT2D eigenvalue weighted by molar-refractivity contribution is 6.03. The fraction of sp³-hybridized carbons (Fsp3) is 0.105. The predicted molar refractivity (Wildman–Crippen MR) is 94.5 cm³/mol. The van der Waals surface area contributed by atoms with Gasteiger partial charge in [-0.25, -0.2) is 4.79 Å². The van der Waals surface area contributed by atoms with Gasteiger partial charge < -0.3 is 20.5 Å². The number of carbonyl (C=O) groups is 1. The van der Waals surface area contributed by atoms with E-state index in [9.17, 15) is 9.90 Å². The minimum Gasteiger partial charge on any atom is -0.507 e. The number of para-hydroxylation sites is 1. The van der Waals surface area contributed by atoms with E-state index >= 15 is 0 Å². The van der Waals surface area contributed by atoms with Crippen LogP contribution in [-0.2, 0) is 6.54 Å². The first kappa shape index (κ1) is 15.7. The second kappa shape index (κ2) is 6.91. The molecule has 0 atom stereocenters. The highest BCUT2D eigenvalue weighted by Gasteiger charge is 2.08. The zero-order valence-corrected chi connectivity index (χ0v) is 13.2. The molecule has 3 rings (SSSR count). The van der Waals surface area contributed by atoms with Gasteiger partial charge in [-0.1, -0.05) is 42.5 Å². The Bertz CT molecular complexity index is 877. The van der Waals surface area contributed by atoms with Crippen LogP contribution in [0.1, 0.15) is 5.56 Å². The van der Waals surface area contributed by atoms with E-state index in [4.69, 9.17) is 4.74 Å². The molecule has 0 aliphatic carbocycles. The molecule has 0 spiro atoms. The Morgan fingerprint density at radius 3 is 2.58 bits per heavy atom. The van der Waals surface area contributed by atoms with Gasteiger partial charge in [0.2, 0.25) is 0 Å². The first-order chi connectivity index (χ1) is 11.7. The molecule has 0 bridgehead atoms. The SMILES string of the molecule is COc1ccccc1CNC(=O)Nc1cccc2c(O)cccc12. The number of benzene rings is 3. The minimum atomic E-state index is -0.322. The van der Waals surface area contributed by atoms with Crippen LogP contribution in [0.4, 0.5) is 10.5 Å². The number of phenolic OH excluding ortho intramolecular Hbond substituents is 1. The highest BCUT2D eigenvalue weighted by Crippen LogP contribution is 2.29. The van der Waals surface area contributed by atoms with Gasteiger partial charge in [-0.2, -0.15) is 0 Å². The van der Waals surface area contributed by atoms with Crippen LogP contribution in [0.15, 0.2) is 60.7 Å². The van der Waals surface area contributed by atoms with Gasteiger partial charge in [0, 0.05) is 22.9 Å². The molecule has 24 heavy (non-hydrogen) atoms. The first-order valence-electron chi connectivity index (χ1n) is 7.56. The van der Waals surface area contributed by atoms with E-state index in [1.54, 1.807) is 31.4 Å². The van der Waals surface area contributed by atoms with Gasteiger partial charge in [0.1, 0.15) is 11.5 Å². The summed E-state index contributed by atoms with van der Waals surface area (Å²) in [7, 11) is 1.60. The number of nitrogens with one attached hydrogen (secondary N) is 2. The van der Waals surface area contributed by atoms with E-state index in [2.05, 4.69) is 10.6 Å². The zero-order valence-electron chi connectivity index (χ0n) is 13.2. The summed E-state index contributed by atoms with van der Waals surface area (Å²) in [6.07, 6.45) is 0. The summed E-state index contributed by atoms with van der Waals surface area (Å²) < 4.78 is 5.27. The zero-order chi connectivity index (χ0) is 16.9. The second-order valence-electron chi connectivity index (χ2n) is 5.30. The number of amides is 2. The fourth-order valence-electron chi connectivity index (χ4n) is 2.59. The average molecular weight is 322 g/mol. The number of phenols is 1. The molecule has 0 heterocycles. The molecule has 3 N–H and O–H groups in total. The molecular weight excluding hydrogens is 304 g/mol. The Morgan fingerprint density at radius 1 is 1.00 bits per heavy atom. The number of rotatable bonds is 4. The summed E-state index contributed by atoms with van der Waals surface area (Å²) in [4.78, 5) is 12.2. The summed E-state index contributed by atoms with van der Waals surface area (Å²) in [5, 5.41) is 17.0. The highest BCUT2D eigenvalue weighted by atomic mass is 16.5. The van der Waals surface area contributed by atoms with E-state index in [0.29, 0.717) is 17.6 Å².